The number of hydrogen-bond acceptors (Lipinski definition) is 5. The average molecular weight is 299 g/mol. The van der Waals surface area contributed by atoms with Crippen LogP contribution in [0.5, 0.6) is 5.75 Å². The summed E-state index contributed by atoms with van der Waals surface area (Å²) in [5, 5.41) is 0.919. The Morgan fingerprint density at radius 3 is 2.91 bits per heavy atom. The van der Waals surface area contributed by atoms with Crippen LogP contribution in [-0.2, 0) is 4.74 Å². The minimum atomic E-state index is 0.224. The van der Waals surface area contributed by atoms with E-state index in [4.69, 9.17) is 18.3 Å². The molecule has 1 aliphatic rings. The molecular weight excluding hydrogens is 282 g/mol. The third kappa shape index (κ3) is 2.48. The number of ether oxygens (including phenoxy) is 2. The molecule has 1 atom stereocenters. The molecule has 3 heterocycles. The van der Waals surface area contributed by atoms with Crippen molar-refractivity contribution in [3.05, 3.63) is 36.2 Å². The summed E-state index contributed by atoms with van der Waals surface area (Å²) in [5.41, 5.74) is 0.758. The predicted octanol–water partition coefficient (Wildman–Crippen LogP) is 3.99. The summed E-state index contributed by atoms with van der Waals surface area (Å²) in [7, 11) is 0. The lowest BCUT2D eigenvalue weighted by Gasteiger charge is -2.04. The molecule has 0 spiro atoms. The average Bonchev–Trinajstić information content (AvgIpc) is 3.02. The van der Waals surface area contributed by atoms with Gasteiger partial charge in [0.15, 0.2) is 5.76 Å². The minimum Gasteiger partial charge on any atom is -0.490 e. The molecule has 1 aliphatic heterocycles. The summed E-state index contributed by atoms with van der Waals surface area (Å²) in [4.78, 5) is 4.30. The number of fused-ring (bicyclic) bond motifs is 1. The molecule has 5 heteroatoms. The van der Waals surface area contributed by atoms with Gasteiger partial charge in [-0.25, -0.2) is 4.98 Å². The van der Waals surface area contributed by atoms with Crippen molar-refractivity contribution in [3.8, 4) is 17.4 Å². The van der Waals surface area contributed by atoms with Crippen LogP contribution in [0.3, 0.4) is 0 Å². The van der Waals surface area contributed by atoms with Gasteiger partial charge >= 0.3 is 0 Å². The lowest BCUT2D eigenvalue weighted by atomic mass is 10.2. The molecule has 0 saturated carbocycles. The van der Waals surface area contributed by atoms with Crippen molar-refractivity contribution in [2.75, 3.05) is 13.2 Å². The molecule has 0 bridgehead atoms. The third-order valence-electron chi connectivity index (χ3n) is 3.65. The Labute approximate surface area is 127 Å². The highest BCUT2D eigenvalue weighted by molar-refractivity contribution is 5.87. The number of rotatable bonds is 5. The molecule has 5 nitrogen and oxygen atoms in total. The van der Waals surface area contributed by atoms with Gasteiger partial charge in [0.05, 0.1) is 18.2 Å². The van der Waals surface area contributed by atoms with Crippen LogP contribution in [0.1, 0.15) is 25.5 Å². The van der Waals surface area contributed by atoms with Gasteiger partial charge in [0.1, 0.15) is 29.8 Å². The van der Waals surface area contributed by atoms with E-state index in [1.807, 2.05) is 24.3 Å². The Morgan fingerprint density at radius 2 is 2.18 bits per heavy atom. The van der Waals surface area contributed by atoms with Crippen molar-refractivity contribution >= 4 is 11.0 Å². The van der Waals surface area contributed by atoms with E-state index in [-0.39, 0.29) is 6.10 Å². The standard InChI is InChI=1S/C17H17NO4/c1-10(2)16-7-18-17(22-16)15-6-12-13(20-9-11-8-19-11)4-3-5-14(12)21-15/h3-7,10-11H,8-9H2,1-2H3/t11-/m0/s1. The number of benzene rings is 1. The number of aromatic nitrogens is 1. The predicted molar refractivity (Wildman–Crippen MR) is 81.0 cm³/mol. The zero-order chi connectivity index (χ0) is 15.1. The number of furan rings is 1. The normalized spacial score (nSPS) is 17.3. The van der Waals surface area contributed by atoms with Gasteiger partial charge in [0.2, 0.25) is 0 Å². The Morgan fingerprint density at radius 1 is 1.32 bits per heavy atom. The van der Waals surface area contributed by atoms with Gasteiger partial charge in [-0.2, -0.15) is 0 Å². The quantitative estimate of drug-likeness (QED) is 0.667. The molecule has 4 rings (SSSR count). The van der Waals surface area contributed by atoms with Crippen LogP contribution in [0.25, 0.3) is 22.6 Å². The summed E-state index contributed by atoms with van der Waals surface area (Å²) in [5.74, 6) is 3.04. The molecule has 0 N–H and O–H groups in total. The zero-order valence-electron chi connectivity index (χ0n) is 12.5. The van der Waals surface area contributed by atoms with E-state index in [0.717, 1.165) is 29.1 Å². The fourth-order valence-corrected chi connectivity index (χ4v) is 2.28. The van der Waals surface area contributed by atoms with Gasteiger partial charge in [-0.3, -0.25) is 0 Å². The lowest BCUT2D eigenvalue weighted by molar-refractivity contribution is 0.265. The van der Waals surface area contributed by atoms with E-state index >= 15 is 0 Å². The van der Waals surface area contributed by atoms with Gasteiger partial charge in [0.25, 0.3) is 5.89 Å². The van der Waals surface area contributed by atoms with E-state index in [2.05, 4.69) is 18.8 Å². The van der Waals surface area contributed by atoms with E-state index < -0.39 is 0 Å². The second kappa shape index (κ2) is 5.18. The van der Waals surface area contributed by atoms with Crippen molar-refractivity contribution in [3.63, 3.8) is 0 Å². The Hall–Kier alpha value is -2.27. The van der Waals surface area contributed by atoms with Crippen molar-refractivity contribution in [2.45, 2.75) is 25.9 Å². The first-order valence-electron chi connectivity index (χ1n) is 7.44. The molecular formula is C17H17NO4. The van der Waals surface area contributed by atoms with E-state index in [0.29, 0.717) is 24.2 Å². The maximum atomic E-state index is 5.84. The number of epoxide rings is 1. The van der Waals surface area contributed by atoms with Gasteiger partial charge in [0, 0.05) is 12.0 Å². The zero-order valence-corrected chi connectivity index (χ0v) is 12.5. The summed E-state index contributed by atoms with van der Waals surface area (Å²) < 4.78 is 22.6. The second-order valence-electron chi connectivity index (χ2n) is 5.77. The fraction of sp³-hybridized carbons (Fsp3) is 0.353. The summed E-state index contributed by atoms with van der Waals surface area (Å²) in [6.07, 6.45) is 1.97. The van der Waals surface area contributed by atoms with E-state index in [9.17, 15) is 0 Å². The topological polar surface area (TPSA) is 60.9 Å². The Kier molecular flexibility index (Phi) is 3.15. The highest BCUT2D eigenvalue weighted by Crippen LogP contribution is 2.34. The Balaban J connectivity index is 1.67. The maximum absolute atomic E-state index is 5.84. The van der Waals surface area contributed by atoms with Crippen molar-refractivity contribution in [1.82, 2.24) is 4.98 Å². The molecule has 1 fully saturated rings. The number of oxazole rings is 1. The summed E-state index contributed by atoms with van der Waals surface area (Å²) in [6, 6.07) is 7.66. The molecule has 2 aromatic heterocycles. The first-order chi connectivity index (χ1) is 10.7. The van der Waals surface area contributed by atoms with Gasteiger partial charge in [-0.15, -0.1) is 0 Å². The summed E-state index contributed by atoms with van der Waals surface area (Å²) >= 11 is 0. The monoisotopic (exact) mass is 299 g/mol. The number of hydrogen-bond donors (Lipinski definition) is 0. The third-order valence-corrected chi connectivity index (χ3v) is 3.65. The van der Waals surface area contributed by atoms with Gasteiger partial charge < -0.3 is 18.3 Å². The SMILES string of the molecule is CC(C)c1cnc(-c2cc3c(OC[C@@H]4CO4)cccc3o2)o1. The fourth-order valence-electron chi connectivity index (χ4n) is 2.28. The largest absolute Gasteiger partial charge is 0.490 e. The van der Waals surface area contributed by atoms with E-state index in [1.165, 1.54) is 0 Å². The van der Waals surface area contributed by atoms with Gasteiger partial charge in [-0.1, -0.05) is 19.9 Å². The molecule has 0 amide bonds. The second-order valence-corrected chi connectivity index (χ2v) is 5.77. The van der Waals surface area contributed by atoms with Crippen LogP contribution in [0.2, 0.25) is 0 Å². The first-order valence-corrected chi connectivity index (χ1v) is 7.44. The molecule has 1 aromatic carbocycles. The molecule has 3 aromatic rings. The van der Waals surface area contributed by atoms with Crippen LogP contribution < -0.4 is 4.74 Å². The van der Waals surface area contributed by atoms with Crippen LogP contribution in [0.4, 0.5) is 0 Å². The Bertz CT molecular complexity index is 798. The summed E-state index contributed by atoms with van der Waals surface area (Å²) in [6.45, 7) is 5.47. The number of nitrogens with zero attached hydrogens (tertiary/aromatic N) is 1. The minimum absolute atomic E-state index is 0.224. The smallest absolute Gasteiger partial charge is 0.263 e. The molecule has 0 radical (unpaired) electrons. The van der Waals surface area contributed by atoms with Crippen LogP contribution in [0.15, 0.2) is 39.3 Å². The molecule has 1 saturated heterocycles. The van der Waals surface area contributed by atoms with Crippen molar-refractivity contribution in [1.29, 1.82) is 0 Å². The van der Waals surface area contributed by atoms with Crippen molar-refractivity contribution < 1.29 is 18.3 Å². The maximum Gasteiger partial charge on any atom is 0.263 e. The molecule has 0 unspecified atom stereocenters. The van der Waals surface area contributed by atoms with Crippen LogP contribution in [0, 0.1) is 0 Å². The molecule has 114 valence electrons. The van der Waals surface area contributed by atoms with Crippen LogP contribution in [-0.4, -0.2) is 24.3 Å². The highest BCUT2D eigenvalue weighted by atomic mass is 16.6. The lowest BCUT2D eigenvalue weighted by Crippen LogP contribution is -2.03. The molecule has 0 aliphatic carbocycles. The van der Waals surface area contributed by atoms with E-state index in [1.54, 1.807) is 6.20 Å². The van der Waals surface area contributed by atoms with Crippen molar-refractivity contribution in [2.24, 2.45) is 0 Å². The van der Waals surface area contributed by atoms with Gasteiger partial charge in [-0.05, 0) is 12.1 Å². The highest BCUT2D eigenvalue weighted by Gasteiger charge is 2.24. The molecule has 22 heavy (non-hydrogen) atoms. The first kappa shape index (κ1) is 13.4. The van der Waals surface area contributed by atoms with Crippen LogP contribution >= 0.6 is 0 Å².